The van der Waals surface area contributed by atoms with E-state index in [1.165, 1.54) is 5.56 Å². The molecule has 1 aromatic carbocycles. The zero-order chi connectivity index (χ0) is 28.6. The van der Waals surface area contributed by atoms with Crippen LogP contribution in [0.5, 0.6) is 0 Å². The second kappa shape index (κ2) is 11.5. The normalized spacial score (nSPS) is 19.7. The molecule has 2 aliphatic heterocycles. The lowest BCUT2D eigenvalue weighted by atomic mass is 10.1. The first kappa shape index (κ1) is 27.8. The van der Waals surface area contributed by atoms with Crippen LogP contribution in [0.25, 0.3) is 21.8 Å². The van der Waals surface area contributed by atoms with Crippen molar-refractivity contribution in [1.82, 2.24) is 33.9 Å². The second-order valence-corrected chi connectivity index (χ2v) is 13.7. The van der Waals surface area contributed by atoms with Gasteiger partial charge in [0.1, 0.15) is 0 Å². The Bertz CT molecular complexity index is 1540. The topological polar surface area (TPSA) is 104 Å². The Morgan fingerprint density at radius 3 is 2.49 bits per heavy atom. The highest BCUT2D eigenvalue weighted by Gasteiger charge is 2.41. The summed E-state index contributed by atoms with van der Waals surface area (Å²) in [5, 5.41) is 7.79. The molecule has 0 atom stereocenters. The number of benzene rings is 1. The van der Waals surface area contributed by atoms with Crippen LogP contribution in [0.1, 0.15) is 36.8 Å². The van der Waals surface area contributed by atoms with E-state index in [0.29, 0.717) is 43.3 Å². The average molecular weight is 576 g/mol. The van der Waals surface area contributed by atoms with Crippen molar-refractivity contribution in [3.05, 3.63) is 59.3 Å². The van der Waals surface area contributed by atoms with E-state index < -0.39 is 10.0 Å². The number of nitrogens with one attached hydrogen (secondary N) is 1. The van der Waals surface area contributed by atoms with Gasteiger partial charge in [0.15, 0.2) is 0 Å². The maximum Gasteiger partial charge on any atom is 0.231 e. The number of piperazine rings is 1. The monoisotopic (exact) mass is 575 g/mol. The van der Waals surface area contributed by atoms with Crippen LogP contribution in [0, 0.1) is 13.5 Å². The zero-order valence-corrected chi connectivity index (χ0v) is 24.5. The fourth-order valence-corrected chi connectivity index (χ4v) is 7.54. The molecule has 0 spiro atoms. The summed E-state index contributed by atoms with van der Waals surface area (Å²) in [5.74, 6) is 0.438. The van der Waals surface area contributed by atoms with E-state index in [9.17, 15) is 8.42 Å². The second-order valence-electron chi connectivity index (χ2n) is 11.5. The van der Waals surface area contributed by atoms with Crippen LogP contribution in [0.2, 0.25) is 0 Å². The lowest BCUT2D eigenvalue weighted by molar-refractivity contribution is 0.148. The van der Waals surface area contributed by atoms with Gasteiger partial charge < -0.3 is 10.2 Å². The van der Waals surface area contributed by atoms with Crippen LogP contribution in [0.15, 0.2) is 36.8 Å². The summed E-state index contributed by atoms with van der Waals surface area (Å²) >= 11 is 0. The molecule has 2 aromatic heterocycles. The number of sulfonamides is 1. The minimum Gasteiger partial charge on any atom is -0.351 e. The van der Waals surface area contributed by atoms with Crippen LogP contribution >= 0.6 is 0 Å². The number of hydrogen-bond donors (Lipinski definition) is 1. The molecule has 3 aliphatic rings. The molecule has 3 aromatic rings. The number of piperidine rings is 1. The van der Waals surface area contributed by atoms with Crippen molar-refractivity contribution >= 4 is 21.7 Å². The number of nitrogens with zero attached hydrogens (tertiary/aromatic N) is 8. The predicted molar refractivity (Wildman–Crippen MR) is 159 cm³/mol. The number of likely N-dealkylation sites (N-methyl/N-ethyl adjacent to an activating group) is 1. The molecule has 4 heterocycles. The average Bonchev–Trinajstić information content (AvgIpc) is 3.73. The molecule has 2 saturated heterocycles. The summed E-state index contributed by atoms with van der Waals surface area (Å²) in [6, 6.07) is 6.58. The van der Waals surface area contributed by atoms with Crippen molar-refractivity contribution in [2.75, 3.05) is 51.6 Å². The molecule has 0 amide bonds. The molecule has 0 unspecified atom stereocenters. The van der Waals surface area contributed by atoms with Gasteiger partial charge in [0, 0.05) is 69.8 Å². The van der Waals surface area contributed by atoms with Crippen LogP contribution < -0.4 is 5.32 Å². The van der Waals surface area contributed by atoms with Gasteiger partial charge in [0.25, 0.3) is 0 Å². The lowest BCUT2D eigenvalue weighted by Gasteiger charge is -2.32. The minimum absolute atomic E-state index is 0.0713. The Hall–Kier alpha value is -3.37. The highest BCUT2D eigenvalue weighted by atomic mass is 32.2. The maximum absolute atomic E-state index is 12.6. The zero-order valence-electron chi connectivity index (χ0n) is 23.7. The molecule has 216 valence electrons. The first-order valence-electron chi connectivity index (χ1n) is 14.4. The third-order valence-electron chi connectivity index (χ3n) is 8.35. The van der Waals surface area contributed by atoms with Gasteiger partial charge in [-0.3, -0.25) is 4.90 Å². The molecule has 1 aliphatic carbocycles. The van der Waals surface area contributed by atoms with Crippen molar-refractivity contribution < 1.29 is 8.42 Å². The van der Waals surface area contributed by atoms with Gasteiger partial charge in [-0.25, -0.2) is 32.2 Å². The molecule has 1 N–H and O–H groups in total. The highest BCUT2D eigenvalue weighted by molar-refractivity contribution is 7.90. The van der Waals surface area contributed by atoms with Gasteiger partial charge in [-0.05, 0) is 56.8 Å². The third kappa shape index (κ3) is 6.13. The lowest BCUT2D eigenvalue weighted by Crippen LogP contribution is -2.43. The van der Waals surface area contributed by atoms with Crippen molar-refractivity contribution in [1.29, 1.82) is 0 Å². The highest BCUT2D eigenvalue weighted by Crippen LogP contribution is 2.33. The van der Waals surface area contributed by atoms with E-state index in [4.69, 9.17) is 11.6 Å². The number of anilines is 1. The summed E-state index contributed by atoms with van der Waals surface area (Å²) in [6.45, 7) is 16.1. The van der Waals surface area contributed by atoms with E-state index in [2.05, 4.69) is 62.2 Å². The van der Waals surface area contributed by atoms with Gasteiger partial charge in [-0.15, -0.1) is 0 Å². The standard InChI is InChI=1S/C29H37N9O2S/c1-21-16-22(19-36-14-12-35(3)13-15-36)4-7-27(21)38-20-23(17-32-38)28-26(30-2)18-31-29(34-28)33-24-8-10-37(11-9-24)41(39,40)25-5-6-25/h4,7,16-18,20,24-25H,5-6,8-15,19H2,1,3H3,(H,31,33,34). The van der Waals surface area contributed by atoms with E-state index in [1.807, 2.05) is 10.9 Å². The predicted octanol–water partition coefficient (Wildman–Crippen LogP) is 3.30. The van der Waals surface area contributed by atoms with Crippen molar-refractivity contribution in [3.63, 3.8) is 0 Å². The van der Waals surface area contributed by atoms with E-state index in [-0.39, 0.29) is 11.3 Å². The van der Waals surface area contributed by atoms with Gasteiger partial charge in [0.2, 0.25) is 21.7 Å². The van der Waals surface area contributed by atoms with Crippen molar-refractivity contribution in [2.45, 2.75) is 50.4 Å². The summed E-state index contributed by atoms with van der Waals surface area (Å²) < 4.78 is 28.6. The van der Waals surface area contributed by atoms with Crippen LogP contribution in [-0.2, 0) is 16.6 Å². The Kier molecular flexibility index (Phi) is 7.78. The molecule has 41 heavy (non-hydrogen) atoms. The van der Waals surface area contributed by atoms with Crippen LogP contribution in [-0.4, -0.2) is 99.9 Å². The van der Waals surface area contributed by atoms with Crippen LogP contribution in [0.3, 0.4) is 0 Å². The molecule has 0 radical (unpaired) electrons. The van der Waals surface area contributed by atoms with Gasteiger partial charge in [0.05, 0.1) is 29.4 Å². The number of rotatable bonds is 8. The molecule has 1 saturated carbocycles. The first-order valence-corrected chi connectivity index (χ1v) is 15.9. The summed E-state index contributed by atoms with van der Waals surface area (Å²) in [5.41, 5.74) is 5.05. The molecular weight excluding hydrogens is 538 g/mol. The Morgan fingerprint density at radius 1 is 1.05 bits per heavy atom. The van der Waals surface area contributed by atoms with Gasteiger partial charge in [-0.1, -0.05) is 12.1 Å². The molecule has 12 heteroatoms. The Balaban J connectivity index is 1.14. The summed E-state index contributed by atoms with van der Waals surface area (Å²) in [4.78, 5) is 17.6. The Morgan fingerprint density at radius 2 is 1.80 bits per heavy atom. The summed E-state index contributed by atoms with van der Waals surface area (Å²) in [7, 11) is -0.973. The van der Waals surface area contributed by atoms with Crippen molar-refractivity contribution in [3.8, 4) is 16.9 Å². The molecule has 0 bridgehead atoms. The smallest absolute Gasteiger partial charge is 0.231 e. The molecular formula is C29H37N9O2S. The van der Waals surface area contributed by atoms with Crippen LogP contribution in [0.4, 0.5) is 11.6 Å². The summed E-state index contributed by atoms with van der Waals surface area (Å²) in [6.07, 6.45) is 8.13. The first-order chi connectivity index (χ1) is 19.8. The van der Waals surface area contributed by atoms with Gasteiger partial charge in [-0.2, -0.15) is 5.10 Å². The maximum atomic E-state index is 12.6. The fraction of sp³-hybridized carbons (Fsp3) is 0.517. The number of aromatic nitrogens is 4. The van der Waals surface area contributed by atoms with E-state index in [0.717, 1.165) is 62.4 Å². The minimum atomic E-state index is -3.14. The van der Waals surface area contributed by atoms with E-state index >= 15 is 0 Å². The molecule has 3 fully saturated rings. The Labute approximate surface area is 242 Å². The van der Waals surface area contributed by atoms with Crippen molar-refractivity contribution in [2.24, 2.45) is 0 Å². The molecule has 11 nitrogen and oxygen atoms in total. The van der Waals surface area contributed by atoms with Gasteiger partial charge >= 0.3 is 0 Å². The largest absolute Gasteiger partial charge is 0.351 e. The third-order valence-corrected chi connectivity index (χ3v) is 10.7. The fourth-order valence-electron chi connectivity index (χ4n) is 5.67. The molecule has 6 rings (SSSR count). The SMILES string of the molecule is [C-]#[N+]c1cnc(NC2CCN(S(=O)(=O)C3CC3)CC2)nc1-c1cnn(-c2ccc(CN3CCN(C)CC3)cc2C)c1. The number of aryl methyl sites for hydroxylation is 1. The number of hydrogen-bond acceptors (Lipinski definition) is 8. The quantitative estimate of drug-likeness (QED) is 0.408. The van der Waals surface area contributed by atoms with E-state index in [1.54, 1.807) is 16.7 Å².